The highest BCUT2D eigenvalue weighted by Crippen LogP contribution is 2.42. The molecule has 3 aromatic heterocycles. The van der Waals surface area contributed by atoms with E-state index in [-0.39, 0.29) is 0 Å². The lowest BCUT2D eigenvalue weighted by atomic mass is 10.2. The van der Waals surface area contributed by atoms with Gasteiger partial charge in [0.25, 0.3) is 11.8 Å². The molecule has 0 fully saturated rings. The van der Waals surface area contributed by atoms with Gasteiger partial charge in [-0.05, 0) is 24.3 Å². The highest BCUT2D eigenvalue weighted by Gasteiger charge is 2.18. The number of aromatic nitrogens is 3. The molecule has 0 unspecified atom stereocenters. The molecule has 7 heteroatoms. The largest absolute Gasteiger partial charge is 0.414 e. The van der Waals surface area contributed by atoms with Gasteiger partial charge < -0.3 is 4.42 Å². The van der Waals surface area contributed by atoms with Gasteiger partial charge in [0.1, 0.15) is 10.6 Å². The van der Waals surface area contributed by atoms with E-state index in [4.69, 9.17) is 27.6 Å². The van der Waals surface area contributed by atoms with E-state index < -0.39 is 0 Å². The molecular weight excluding hydrogens is 341 g/mol. The second-order valence-corrected chi connectivity index (χ2v) is 6.38. The Morgan fingerprint density at radius 2 is 1.86 bits per heavy atom. The highest BCUT2D eigenvalue weighted by molar-refractivity contribution is 7.23. The zero-order valence-corrected chi connectivity index (χ0v) is 13.3. The lowest BCUT2D eigenvalue weighted by molar-refractivity contribution is 0.583. The molecule has 0 aliphatic carbocycles. The molecule has 0 spiro atoms. The Hall–Kier alpha value is -1.95. The van der Waals surface area contributed by atoms with Gasteiger partial charge in [0.05, 0.1) is 5.02 Å². The summed E-state index contributed by atoms with van der Waals surface area (Å²) in [5, 5.41) is 10.3. The first-order valence-electron chi connectivity index (χ1n) is 6.35. The molecule has 4 nitrogen and oxygen atoms in total. The van der Waals surface area contributed by atoms with E-state index in [0.717, 1.165) is 15.0 Å². The van der Waals surface area contributed by atoms with Crippen LogP contribution in [0.1, 0.15) is 0 Å². The van der Waals surface area contributed by atoms with Crippen molar-refractivity contribution in [1.82, 2.24) is 15.2 Å². The third-order valence-electron chi connectivity index (χ3n) is 3.09. The van der Waals surface area contributed by atoms with E-state index in [1.54, 1.807) is 12.3 Å². The highest BCUT2D eigenvalue weighted by atomic mass is 35.5. The number of rotatable bonds is 2. The number of nitrogens with zero attached hydrogens (tertiary/aromatic N) is 3. The van der Waals surface area contributed by atoms with Crippen molar-refractivity contribution in [3.05, 3.63) is 52.6 Å². The Labute approximate surface area is 139 Å². The molecule has 0 saturated heterocycles. The number of halogens is 2. The van der Waals surface area contributed by atoms with Gasteiger partial charge in [-0.2, -0.15) is 0 Å². The van der Waals surface area contributed by atoms with Crippen molar-refractivity contribution < 1.29 is 4.42 Å². The van der Waals surface area contributed by atoms with Crippen LogP contribution in [0.4, 0.5) is 0 Å². The van der Waals surface area contributed by atoms with Gasteiger partial charge in [-0.3, -0.25) is 4.98 Å². The van der Waals surface area contributed by atoms with Crippen LogP contribution < -0.4 is 0 Å². The summed E-state index contributed by atoms with van der Waals surface area (Å²) in [5.74, 6) is 0.741. The number of thiophene rings is 1. The van der Waals surface area contributed by atoms with Gasteiger partial charge >= 0.3 is 0 Å². The molecule has 0 amide bonds. The first kappa shape index (κ1) is 13.7. The fourth-order valence-corrected chi connectivity index (χ4v) is 3.79. The van der Waals surface area contributed by atoms with E-state index >= 15 is 0 Å². The SMILES string of the molecule is Clc1ccc2c(Cl)c(-c3nnc(-c4ccccn4)o3)sc2c1. The Balaban J connectivity index is 1.83. The van der Waals surface area contributed by atoms with Crippen LogP contribution in [0.5, 0.6) is 0 Å². The van der Waals surface area contributed by atoms with Crippen LogP contribution in [0.2, 0.25) is 10.0 Å². The van der Waals surface area contributed by atoms with Gasteiger partial charge in [0.2, 0.25) is 0 Å². The monoisotopic (exact) mass is 347 g/mol. The fourth-order valence-electron chi connectivity index (χ4n) is 2.08. The molecule has 1 aromatic carbocycles. The van der Waals surface area contributed by atoms with Crippen molar-refractivity contribution in [2.45, 2.75) is 0 Å². The molecule has 22 heavy (non-hydrogen) atoms. The van der Waals surface area contributed by atoms with Crippen LogP contribution in [0.15, 0.2) is 47.0 Å². The molecule has 4 rings (SSSR count). The minimum absolute atomic E-state index is 0.363. The summed E-state index contributed by atoms with van der Waals surface area (Å²) in [5.41, 5.74) is 0.626. The summed E-state index contributed by atoms with van der Waals surface area (Å²) in [6.45, 7) is 0. The van der Waals surface area contributed by atoms with Crippen molar-refractivity contribution in [3.8, 4) is 22.4 Å². The minimum Gasteiger partial charge on any atom is -0.414 e. The van der Waals surface area contributed by atoms with Crippen LogP contribution in [-0.4, -0.2) is 15.2 Å². The second-order valence-electron chi connectivity index (χ2n) is 4.51. The molecule has 0 aliphatic rings. The number of benzene rings is 1. The Morgan fingerprint density at radius 1 is 1.00 bits per heavy atom. The van der Waals surface area contributed by atoms with Gasteiger partial charge in [-0.25, -0.2) is 0 Å². The van der Waals surface area contributed by atoms with E-state index in [2.05, 4.69) is 15.2 Å². The fraction of sp³-hybridized carbons (Fsp3) is 0. The molecule has 0 bridgehead atoms. The average Bonchev–Trinajstić information content (AvgIpc) is 3.13. The van der Waals surface area contributed by atoms with Crippen molar-refractivity contribution in [2.75, 3.05) is 0 Å². The molecule has 108 valence electrons. The molecule has 0 atom stereocenters. The van der Waals surface area contributed by atoms with E-state index in [9.17, 15) is 0 Å². The van der Waals surface area contributed by atoms with Crippen LogP contribution in [-0.2, 0) is 0 Å². The summed E-state index contributed by atoms with van der Waals surface area (Å²) in [4.78, 5) is 4.92. The topological polar surface area (TPSA) is 51.8 Å². The minimum atomic E-state index is 0.363. The zero-order valence-electron chi connectivity index (χ0n) is 11.0. The zero-order chi connectivity index (χ0) is 15.1. The number of hydrogen-bond donors (Lipinski definition) is 0. The van der Waals surface area contributed by atoms with E-state index in [1.807, 2.05) is 30.3 Å². The number of fused-ring (bicyclic) bond motifs is 1. The molecule has 0 aliphatic heterocycles. The number of pyridine rings is 1. The maximum Gasteiger partial charge on any atom is 0.266 e. The average molecular weight is 348 g/mol. The third kappa shape index (κ3) is 2.27. The maximum absolute atomic E-state index is 6.42. The third-order valence-corrected chi connectivity index (χ3v) is 4.98. The van der Waals surface area contributed by atoms with Crippen LogP contribution in [0, 0.1) is 0 Å². The smallest absolute Gasteiger partial charge is 0.266 e. The summed E-state index contributed by atoms with van der Waals surface area (Å²) >= 11 is 13.9. The first-order valence-corrected chi connectivity index (χ1v) is 7.92. The Bertz CT molecular complexity index is 966. The van der Waals surface area contributed by atoms with Gasteiger partial charge in [0, 0.05) is 21.3 Å². The predicted octanol–water partition coefficient (Wildman–Crippen LogP) is 5.32. The Morgan fingerprint density at radius 3 is 2.68 bits per heavy atom. The summed E-state index contributed by atoms with van der Waals surface area (Å²) in [6.07, 6.45) is 1.67. The van der Waals surface area contributed by atoms with Crippen molar-refractivity contribution in [2.24, 2.45) is 0 Å². The number of hydrogen-bond acceptors (Lipinski definition) is 5. The molecule has 0 saturated carbocycles. The van der Waals surface area contributed by atoms with Crippen molar-refractivity contribution >= 4 is 44.6 Å². The molecule has 4 aromatic rings. The van der Waals surface area contributed by atoms with E-state index in [1.165, 1.54) is 11.3 Å². The van der Waals surface area contributed by atoms with Crippen molar-refractivity contribution in [3.63, 3.8) is 0 Å². The van der Waals surface area contributed by atoms with Crippen LogP contribution in [0.25, 0.3) is 32.4 Å². The van der Waals surface area contributed by atoms with Crippen LogP contribution in [0.3, 0.4) is 0 Å². The molecule has 3 heterocycles. The molecule has 0 N–H and O–H groups in total. The normalized spacial score (nSPS) is 11.2. The maximum atomic E-state index is 6.42. The molecular formula is C15H7Cl2N3OS. The summed E-state index contributed by atoms with van der Waals surface area (Å²) in [6, 6.07) is 11.1. The Kier molecular flexibility index (Phi) is 3.33. The van der Waals surface area contributed by atoms with Gasteiger partial charge in [0.15, 0.2) is 0 Å². The van der Waals surface area contributed by atoms with Gasteiger partial charge in [-0.1, -0.05) is 35.3 Å². The lowest BCUT2D eigenvalue weighted by Gasteiger charge is -1.92. The van der Waals surface area contributed by atoms with Crippen molar-refractivity contribution in [1.29, 1.82) is 0 Å². The second kappa shape index (κ2) is 5.35. The lowest BCUT2D eigenvalue weighted by Crippen LogP contribution is -1.80. The van der Waals surface area contributed by atoms with E-state index in [0.29, 0.717) is 27.5 Å². The first-order chi connectivity index (χ1) is 10.7. The van der Waals surface area contributed by atoms with Gasteiger partial charge in [-0.15, -0.1) is 21.5 Å². The molecule has 0 radical (unpaired) electrons. The summed E-state index contributed by atoms with van der Waals surface area (Å²) in [7, 11) is 0. The quantitative estimate of drug-likeness (QED) is 0.492. The predicted molar refractivity (Wildman–Crippen MR) is 88.4 cm³/mol. The standard InChI is InChI=1S/C15H7Cl2N3OS/c16-8-4-5-9-11(7-8)22-13(12(9)17)15-20-19-14(21-15)10-3-1-2-6-18-10/h1-7H. The summed E-state index contributed by atoms with van der Waals surface area (Å²) < 4.78 is 6.68. The van der Waals surface area contributed by atoms with Crippen LogP contribution >= 0.6 is 34.5 Å².